The standard InChI is InChI=1S/C16H18N2O2/c1-20-15-6-2-12(3-7-15)11-18-9-8-16(17-18)13-4-5-14(19)10-13/h2-3,6-9,13H,4-5,10-11H2,1H3. The molecule has 0 spiro atoms. The van der Waals surface area contributed by atoms with E-state index in [1.807, 2.05) is 41.2 Å². The monoisotopic (exact) mass is 270 g/mol. The predicted molar refractivity (Wildman–Crippen MR) is 75.9 cm³/mol. The lowest BCUT2D eigenvalue weighted by atomic mass is 10.1. The Kier molecular flexibility index (Phi) is 3.54. The van der Waals surface area contributed by atoms with Crippen LogP contribution in [0.2, 0.25) is 0 Å². The molecule has 1 aromatic carbocycles. The van der Waals surface area contributed by atoms with Gasteiger partial charge < -0.3 is 4.74 Å². The molecule has 0 aliphatic heterocycles. The van der Waals surface area contributed by atoms with E-state index in [2.05, 4.69) is 5.10 Å². The van der Waals surface area contributed by atoms with E-state index in [0.717, 1.165) is 24.4 Å². The number of methoxy groups -OCH3 is 1. The number of Topliss-reactive ketones (excluding diaryl/α,β-unsaturated/α-hetero) is 1. The Morgan fingerprint density at radius 3 is 2.75 bits per heavy atom. The van der Waals surface area contributed by atoms with Crippen LogP contribution in [0.3, 0.4) is 0 Å². The maximum absolute atomic E-state index is 11.3. The Morgan fingerprint density at radius 2 is 2.10 bits per heavy atom. The molecule has 0 radical (unpaired) electrons. The van der Waals surface area contributed by atoms with Gasteiger partial charge in [-0.3, -0.25) is 9.48 Å². The second-order valence-corrected chi connectivity index (χ2v) is 5.26. The second-order valence-electron chi connectivity index (χ2n) is 5.26. The van der Waals surface area contributed by atoms with Gasteiger partial charge in [0.2, 0.25) is 0 Å². The predicted octanol–water partition coefficient (Wildman–Crippen LogP) is 2.78. The maximum atomic E-state index is 11.3. The van der Waals surface area contributed by atoms with Crippen LogP contribution in [0.4, 0.5) is 0 Å². The van der Waals surface area contributed by atoms with Crippen LogP contribution in [-0.2, 0) is 11.3 Å². The second kappa shape index (κ2) is 5.49. The zero-order valence-corrected chi connectivity index (χ0v) is 11.6. The van der Waals surface area contributed by atoms with E-state index < -0.39 is 0 Å². The van der Waals surface area contributed by atoms with Gasteiger partial charge >= 0.3 is 0 Å². The van der Waals surface area contributed by atoms with Gasteiger partial charge in [0.25, 0.3) is 0 Å². The molecule has 1 fully saturated rings. The molecular formula is C16H18N2O2. The number of hydrogen-bond donors (Lipinski definition) is 0. The Hall–Kier alpha value is -2.10. The molecular weight excluding hydrogens is 252 g/mol. The molecule has 3 rings (SSSR count). The number of ketones is 1. The highest BCUT2D eigenvalue weighted by Crippen LogP contribution is 2.30. The largest absolute Gasteiger partial charge is 0.497 e. The zero-order valence-electron chi connectivity index (χ0n) is 11.6. The average Bonchev–Trinajstić information content (AvgIpc) is 3.09. The van der Waals surface area contributed by atoms with Crippen molar-refractivity contribution in [3.05, 3.63) is 47.8 Å². The molecule has 1 unspecified atom stereocenters. The Balaban J connectivity index is 1.68. The molecule has 1 aromatic heterocycles. The first-order valence-corrected chi connectivity index (χ1v) is 6.92. The fraction of sp³-hybridized carbons (Fsp3) is 0.375. The summed E-state index contributed by atoms with van der Waals surface area (Å²) < 4.78 is 7.08. The summed E-state index contributed by atoms with van der Waals surface area (Å²) in [5.41, 5.74) is 2.23. The van der Waals surface area contributed by atoms with Crippen molar-refractivity contribution in [3.8, 4) is 5.75 Å². The van der Waals surface area contributed by atoms with E-state index in [-0.39, 0.29) is 0 Å². The van der Waals surface area contributed by atoms with Crippen molar-refractivity contribution < 1.29 is 9.53 Å². The van der Waals surface area contributed by atoms with Crippen LogP contribution in [0.1, 0.15) is 36.4 Å². The highest BCUT2D eigenvalue weighted by Gasteiger charge is 2.25. The molecule has 0 saturated heterocycles. The lowest BCUT2D eigenvalue weighted by Crippen LogP contribution is -2.03. The van der Waals surface area contributed by atoms with Crippen LogP contribution in [0.5, 0.6) is 5.75 Å². The van der Waals surface area contributed by atoms with E-state index >= 15 is 0 Å². The van der Waals surface area contributed by atoms with E-state index in [0.29, 0.717) is 24.5 Å². The third-order valence-corrected chi connectivity index (χ3v) is 3.83. The number of aromatic nitrogens is 2. The van der Waals surface area contributed by atoms with E-state index in [9.17, 15) is 4.79 Å². The summed E-state index contributed by atoms with van der Waals surface area (Å²) >= 11 is 0. The molecule has 1 aliphatic rings. The zero-order chi connectivity index (χ0) is 13.9. The molecule has 1 aliphatic carbocycles. The fourth-order valence-corrected chi connectivity index (χ4v) is 2.67. The SMILES string of the molecule is COc1ccc(Cn2ccc(C3CCC(=O)C3)n2)cc1. The number of carbonyl (C=O) groups excluding carboxylic acids is 1. The Bertz CT molecular complexity index is 601. The number of benzene rings is 1. The van der Waals surface area contributed by atoms with Gasteiger partial charge in [0.1, 0.15) is 11.5 Å². The first-order valence-electron chi connectivity index (χ1n) is 6.92. The van der Waals surface area contributed by atoms with E-state index in [1.165, 1.54) is 5.56 Å². The quantitative estimate of drug-likeness (QED) is 0.858. The molecule has 4 heteroatoms. The number of rotatable bonds is 4. The third-order valence-electron chi connectivity index (χ3n) is 3.83. The van der Waals surface area contributed by atoms with Crippen LogP contribution in [0.15, 0.2) is 36.5 Å². The van der Waals surface area contributed by atoms with Gasteiger partial charge in [0, 0.05) is 25.0 Å². The van der Waals surface area contributed by atoms with Crippen LogP contribution in [-0.4, -0.2) is 22.7 Å². The van der Waals surface area contributed by atoms with Gasteiger partial charge in [-0.05, 0) is 30.2 Å². The van der Waals surface area contributed by atoms with Gasteiger partial charge in [-0.2, -0.15) is 5.10 Å². The molecule has 4 nitrogen and oxygen atoms in total. The van der Waals surface area contributed by atoms with Crippen molar-refractivity contribution in [1.82, 2.24) is 9.78 Å². The summed E-state index contributed by atoms with van der Waals surface area (Å²) in [6, 6.07) is 10.0. The van der Waals surface area contributed by atoms with E-state index in [1.54, 1.807) is 7.11 Å². The average molecular weight is 270 g/mol. The van der Waals surface area contributed by atoms with Crippen LogP contribution >= 0.6 is 0 Å². The topological polar surface area (TPSA) is 44.1 Å². The molecule has 0 bridgehead atoms. The summed E-state index contributed by atoms with van der Waals surface area (Å²) in [6.07, 6.45) is 4.29. The Labute approximate surface area is 118 Å². The van der Waals surface area contributed by atoms with Crippen LogP contribution in [0, 0.1) is 0 Å². The van der Waals surface area contributed by atoms with Gasteiger partial charge in [0.15, 0.2) is 0 Å². The van der Waals surface area contributed by atoms with Gasteiger partial charge in [0.05, 0.1) is 19.3 Å². The fourth-order valence-electron chi connectivity index (χ4n) is 2.67. The van der Waals surface area contributed by atoms with E-state index in [4.69, 9.17) is 4.74 Å². The highest BCUT2D eigenvalue weighted by molar-refractivity contribution is 5.81. The minimum atomic E-state index is 0.319. The first-order chi connectivity index (χ1) is 9.74. The maximum Gasteiger partial charge on any atom is 0.133 e. The summed E-state index contributed by atoms with van der Waals surface area (Å²) in [4.78, 5) is 11.3. The van der Waals surface area contributed by atoms with Crippen molar-refractivity contribution in [2.75, 3.05) is 7.11 Å². The molecule has 1 saturated carbocycles. The third kappa shape index (κ3) is 2.74. The summed E-state index contributed by atoms with van der Waals surface area (Å²) in [6.45, 7) is 0.741. The van der Waals surface area contributed by atoms with Gasteiger partial charge in [-0.15, -0.1) is 0 Å². The van der Waals surface area contributed by atoms with Crippen molar-refractivity contribution in [2.45, 2.75) is 31.7 Å². The molecule has 0 amide bonds. The normalized spacial score (nSPS) is 18.4. The van der Waals surface area contributed by atoms with Gasteiger partial charge in [-0.1, -0.05) is 12.1 Å². The van der Waals surface area contributed by atoms with Crippen LogP contribution in [0.25, 0.3) is 0 Å². The molecule has 1 heterocycles. The van der Waals surface area contributed by atoms with Crippen molar-refractivity contribution in [2.24, 2.45) is 0 Å². The van der Waals surface area contributed by atoms with Crippen molar-refractivity contribution in [3.63, 3.8) is 0 Å². The lowest BCUT2D eigenvalue weighted by Gasteiger charge is -2.05. The van der Waals surface area contributed by atoms with Crippen molar-refractivity contribution >= 4 is 5.78 Å². The van der Waals surface area contributed by atoms with Gasteiger partial charge in [-0.25, -0.2) is 0 Å². The molecule has 20 heavy (non-hydrogen) atoms. The minimum absolute atomic E-state index is 0.319. The van der Waals surface area contributed by atoms with Crippen LogP contribution < -0.4 is 4.74 Å². The molecule has 104 valence electrons. The minimum Gasteiger partial charge on any atom is -0.497 e. The number of nitrogens with zero attached hydrogens (tertiary/aromatic N) is 2. The number of ether oxygens (including phenoxy) is 1. The lowest BCUT2D eigenvalue weighted by molar-refractivity contribution is -0.117. The number of carbonyl (C=O) groups is 1. The Morgan fingerprint density at radius 1 is 1.30 bits per heavy atom. The summed E-state index contributed by atoms with van der Waals surface area (Å²) in [5, 5.41) is 4.60. The molecule has 1 atom stereocenters. The number of hydrogen-bond acceptors (Lipinski definition) is 3. The molecule has 2 aromatic rings. The summed E-state index contributed by atoms with van der Waals surface area (Å²) in [7, 11) is 1.66. The highest BCUT2D eigenvalue weighted by atomic mass is 16.5. The molecule has 0 N–H and O–H groups in total. The summed E-state index contributed by atoms with van der Waals surface area (Å²) in [5.74, 6) is 1.54. The first kappa shape index (κ1) is 12.9. The van der Waals surface area contributed by atoms with Crippen molar-refractivity contribution in [1.29, 1.82) is 0 Å². The smallest absolute Gasteiger partial charge is 0.133 e.